The van der Waals surface area contributed by atoms with Gasteiger partial charge in [0.1, 0.15) is 6.54 Å². The minimum atomic E-state index is -3.77. The van der Waals surface area contributed by atoms with Gasteiger partial charge in [0.15, 0.2) is 0 Å². The molecule has 1 heterocycles. The predicted molar refractivity (Wildman–Crippen MR) is 121 cm³/mol. The Bertz CT molecular complexity index is 1310. The monoisotopic (exact) mass is 464 g/mol. The minimum Gasteiger partial charge on any atom is -0.465 e. The highest BCUT2D eigenvalue weighted by Gasteiger charge is 2.29. The van der Waals surface area contributed by atoms with E-state index < -0.39 is 16.1 Å². The molecule has 1 atom stereocenters. The molecule has 1 N–H and O–H groups in total. The fourth-order valence-electron chi connectivity index (χ4n) is 4.06. The molecule has 3 aromatic rings. The number of carbonyl (C=O) groups excluding carboxylic acids is 1. The number of hydrogen-bond donors (Lipinski definition) is 1. The molecule has 0 fully saturated rings. The molecule has 2 aromatic carbocycles. The molecule has 170 valence electrons. The maximum absolute atomic E-state index is 13.1. The maximum atomic E-state index is 13.1. The highest BCUT2D eigenvalue weighted by Crippen LogP contribution is 2.31. The van der Waals surface area contributed by atoms with E-state index in [1.54, 1.807) is 60.3 Å². The summed E-state index contributed by atoms with van der Waals surface area (Å²) in [6, 6.07) is 15.4. The number of nitriles is 1. The summed E-state index contributed by atoms with van der Waals surface area (Å²) in [6.45, 7) is 2.06. The molecule has 0 saturated carbocycles. The molecule has 33 heavy (non-hydrogen) atoms. The summed E-state index contributed by atoms with van der Waals surface area (Å²) in [5, 5.41) is 13.4. The molecule has 0 amide bonds. The van der Waals surface area contributed by atoms with Gasteiger partial charge < -0.3 is 4.74 Å². The van der Waals surface area contributed by atoms with Crippen molar-refractivity contribution < 1.29 is 17.9 Å². The van der Waals surface area contributed by atoms with Crippen molar-refractivity contribution in [2.45, 2.75) is 43.7 Å². The van der Waals surface area contributed by atoms with Crippen molar-refractivity contribution in [1.29, 1.82) is 5.26 Å². The van der Waals surface area contributed by atoms with Crippen LogP contribution in [-0.4, -0.2) is 30.8 Å². The lowest BCUT2D eigenvalue weighted by atomic mass is 9.94. The van der Waals surface area contributed by atoms with E-state index in [9.17, 15) is 13.2 Å². The fourth-order valence-corrected chi connectivity index (χ4v) is 5.31. The molecule has 1 unspecified atom stereocenters. The third-order valence-electron chi connectivity index (χ3n) is 5.63. The lowest BCUT2D eigenvalue weighted by Gasteiger charge is -2.24. The van der Waals surface area contributed by atoms with Gasteiger partial charge in [0.25, 0.3) is 0 Å². The lowest BCUT2D eigenvalue weighted by Crippen LogP contribution is -2.31. The number of sulfonamides is 1. The van der Waals surface area contributed by atoms with Crippen molar-refractivity contribution in [2.24, 2.45) is 0 Å². The molecule has 9 heteroatoms. The van der Waals surface area contributed by atoms with E-state index in [4.69, 9.17) is 10.00 Å². The number of nitrogens with zero attached hydrogens (tertiary/aromatic N) is 3. The number of carbonyl (C=O) groups is 1. The van der Waals surface area contributed by atoms with Gasteiger partial charge in [-0.1, -0.05) is 24.3 Å². The Morgan fingerprint density at radius 2 is 2.03 bits per heavy atom. The first-order valence-electron chi connectivity index (χ1n) is 10.7. The van der Waals surface area contributed by atoms with Gasteiger partial charge in [-0.3, -0.25) is 9.48 Å². The van der Waals surface area contributed by atoms with Crippen molar-refractivity contribution in [3.63, 3.8) is 0 Å². The number of esters is 1. The van der Waals surface area contributed by atoms with Crippen LogP contribution >= 0.6 is 0 Å². The van der Waals surface area contributed by atoms with Crippen molar-refractivity contribution in [2.75, 3.05) is 6.61 Å². The minimum absolute atomic E-state index is 0.0110. The third-order valence-corrected chi connectivity index (χ3v) is 7.12. The zero-order chi connectivity index (χ0) is 23.4. The molecule has 0 saturated heterocycles. The van der Waals surface area contributed by atoms with Gasteiger partial charge in [0, 0.05) is 11.3 Å². The summed E-state index contributed by atoms with van der Waals surface area (Å²) >= 11 is 0. The first-order valence-corrected chi connectivity index (χ1v) is 12.2. The van der Waals surface area contributed by atoms with Crippen molar-refractivity contribution in [3.05, 3.63) is 71.5 Å². The van der Waals surface area contributed by atoms with Crippen molar-refractivity contribution in [1.82, 2.24) is 14.5 Å². The van der Waals surface area contributed by atoms with Crippen LogP contribution in [0.25, 0.3) is 11.1 Å². The molecule has 1 aliphatic rings. The van der Waals surface area contributed by atoms with E-state index in [0.717, 1.165) is 35.2 Å². The second kappa shape index (κ2) is 9.57. The van der Waals surface area contributed by atoms with Crippen LogP contribution in [0, 0.1) is 11.3 Å². The van der Waals surface area contributed by atoms with Crippen molar-refractivity contribution in [3.8, 4) is 17.2 Å². The van der Waals surface area contributed by atoms with E-state index in [0.29, 0.717) is 18.6 Å². The SMILES string of the molecule is CCOC(=O)Cn1ncc2c1CCCC2NS(=O)(=O)c1ccc(-c2cccc(C#N)c2)cc1. The van der Waals surface area contributed by atoms with E-state index in [1.807, 2.05) is 6.07 Å². The Kier molecular flexibility index (Phi) is 6.58. The standard InChI is InChI=1S/C24H24N4O4S/c1-2-32-24(29)16-28-23-8-4-7-22(21(23)15-26-28)27-33(30,31)20-11-9-18(10-12-20)19-6-3-5-17(13-19)14-25/h3,5-6,9-13,15,22,27H,2,4,7-8,16H2,1H3. The van der Waals surface area contributed by atoms with E-state index in [1.165, 1.54) is 0 Å². The zero-order valence-corrected chi connectivity index (χ0v) is 19.0. The molecule has 0 spiro atoms. The Hall–Kier alpha value is -3.48. The van der Waals surface area contributed by atoms with Crippen LogP contribution in [0.3, 0.4) is 0 Å². The summed E-state index contributed by atoms with van der Waals surface area (Å²) in [6.07, 6.45) is 3.79. The van der Waals surface area contributed by atoms with Crippen LogP contribution in [-0.2, 0) is 32.5 Å². The smallest absolute Gasteiger partial charge is 0.327 e. The first-order chi connectivity index (χ1) is 15.9. The Labute approximate surface area is 192 Å². The molecular weight excluding hydrogens is 440 g/mol. The van der Waals surface area contributed by atoms with E-state index in [2.05, 4.69) is 15.9 Å². The van der Waals surface area contributed by atoms with Crippen LogP contribution < -0.4 is 4.72 Å². The van der Waals surface area contributed by atoms with Gasteiger partial charge >= 0.3 is 5.97 Å². The van der Waals surface area contributed by atoms with Gasteiger partial charge in [0.05, 0.1) is 35.4 Å². The average Bonchev–Trinajstić information content (AvgIpc) is 3.23. The number of aromatic nitrogens is 2. The summed E-state index contributed by atoms with van der Waals surface area (Å²) in [5.41, 5.74) is 3.86. The zero-order valence-electron chi connectivity index (χ0n) is 18.2. The van der Waals surface area contributed by atoms with Crippen LogP contribution in [0.5, 0.6) is 0 Å². The molecule has 1 aromatic heterocycles. The summed E-state index contributed by atoms with van der Waals surface area (Å²) in [4.78, 5) is 12.0. The maximum Gasteiger partial charge on any atom is 0.327 e. The van der Waals surface area contributed by atoms with Gasteiger partial charge in [0.2, 0.25) is 10.0 Å². The fraction of sp³-hybridized carbons (Fsp3) is 0.292. The first kappa shape index (κ1) is 22.7. The molecule has 0 bridgehead atoms. The van der Waals surface area contributed by atoms with E-state index in [-0.39, 0.29) is 17.4 Å². The number of rotatable bonds is 7. The summed E-state index contributed by atoms with van der Waals surface area (Å²) in [5.74, 6) is -0.369. The average molecular weight is 465 g/mol. The Morgan fingerprint density at radius 1 is 1.24 bits per heavy atom. The second-order valence-corrected chi connectivity index (χ2v) is 9.51. The molecule has 1 aliphatic carbocycles. The Balaban J connectivity index is 1.52. The topological polar surface area (TPSA) is 114 Å². The number of benzene rings is 2. The van der Waals surface area contributed by atoms with Crippen LogP contribution in [0.4, 0.5) is 0 Å². The molecule has 4 rings (SSSR count). The Morgan fingerprint density at radius 3 is 2.76 bits per heavy atom. The number of fused-ring (bicyclic) bond motifs is 1. The van der Waals surface area contributed by atoms with Gasteiger partial charge in [-0.15, -0.1) is 0 Å². The van der Waals surface area contributed by atoms with Gasteiger partial charge in [-0.05, 0) is 61.6 Å². The highest BCUT2D eigenvalue weighted by atomic mass is 32.2. The van der Waals surface area contributed by atoms with E-state index >= 15 is 0 Å². The third kappa shape index (κ3) is 4.97. The predicted octanol–water partition coefficient (Wildman–Crippen LogP) is 3.34. The summed E-state index contributed by atoms with van der Waals surface area (Å²) < 4.78 is 35.5. The number of hydrogen-bond acceptors (Lipinski definition) is 6. The van der Waals surface area contributed by atoms with Crippen LogP contribution in [0.1, 0.15) is 42.6 Å². The second-order valence-electron chi connectivity index (χ2n) is 7.79. The number of ether oxygens (including phenoxy) is 1. The molecule has 8 nitrogen and oxygen atoms in total. The molecule has 0 aliphatic heterocycles. The molecular formula is C24H24N4O4S. The normalized spacial score (nSPS) is 15.5. The van der Waals surface area contributed by atoms with Gasteiger partial charge in [-0.25, -0.2) is 13.1 Å². The summed E-state index contributed by atoms with van der Waals surface area (Å²) in [7, 11) is -3.77. The number of nitrogens with one attached hydrogen (secondary N) is 1. The van der Waals surface area contributed by atoms with Crippen LogP contribution in [0.15, 0.2) is 59.6 Å². The van der Waals surface area contributed by atoms with Crippen molar-refractivity contribution >= 4 is 16.0 Å². The lowest BCUT2D eigenvalue weighted by molar-refractivity contribution is -0.144. The van der Waals surface area contributed by atoms with Crippen LogP contribution in [0.2, 0.25) is 0 Å². The largest absolute Gasteiger partial charge is 0.465 e. The quantitative estimate of drug-likeness (QED) is 0.537. The highest BCUT2D eigenvalue weighted by molar-refractivity contribution is 7.89. The van der Waals surface area contributed by atoms with Gasteiger partial charge in [-0.2, -0.15) is 10.4 Å². The molecule has 0 radical (unpaired) electrons.